The Balaban J connectivity index is 0. The number of allylic oxidation sites excluding steroid dienone is 1. The smallest absolute Gasteiger partial charge is 0.306 e. The van der Waals surface area contributed by atoms with Crippen LogP contribution in [0.3, 0.4) is 0 Å². The summed E-state index contributed by atoms with van der Waals surface area (Å²) in [6.07, 6.45) is 10.5. The van der Waals surface area contributed by atoms with E-state index in [1.807, 2.05) is 6.92 Å². The molecule has 0 rings (SSSR count). The summed E-state index contributed by atoms with van der Waals surface area (Å²) in [5.41, 5.74) is 0. The fraction of sp³-hybridized carbons (Fsp3) is 0.812. The van der Waals surface area contributed by atoms with Gasteiger partial charge >= 0.3 is 5.97 Å². The zero-order valence-electron chi connectivity index (χ0n) is 13.0. The van der Waals surface area contributed by atoms with E-state index in [-0.39, 0.29) is 5.92 Å². The largest absolute Gasteiger partial charge is 0.481 e. The highest BCUT2D eigenvalue weighted by Crippen LogP contribution is 2.15. The van der Waals surface area contributed by atoms with Crippen LogP contribution in [-0.2, 0) is 9.53 Å². The van der Waals surface area contributed by atoms with Crippen LogP contribution in [-0.4, -0.2) is 24.8 Å². The Morgan fingerprint density at radius 3 is 2.21 bits per heavy atom. The molecule has 0 bridgehead atoms. The third-order valence-electron chi connectivity index (χ3n) is 2.93. The van der Waals surface area contributed by atoms with E-state index in [0.717, 1.165) is 19.3 Å². The minimum atomic E-state index is -0.675. The van der Waals surface area contributed by atoms with Gasteiger partial charge in [-0.15, -0.1) is 6.58 Å². The zero-order chi connectivity index (χ0) is 14.9. The molecule has 0 aromatic carbocycles. The Morgan fingerprint density at radius 2 is 1.74 bits per heavy atom. The van der Waals surface area contributed by atoms with Gasteiger partial charge in [0.15, 0.2) is 0 Å². The van der Waals surface area contributed by atoms with Gasteiger partial charge in [0, 0.05) is 13.7 Å². The topological polar surface area (TPSA) is 46.5 Å². The standard InChI is InChI=1S/C13H26O3.C3H6/c1-3-4-5-6-7-8-9-12(13(14)15)10-11-16-2;1-3-2/h12H,3-11H2,1-2H3,(H,14,15);3H,1H2,2H3. The van der Waals surface area contributed by atoms with E-state index < -0.39 is 5.97 Å². The molecule has 0 aromatic heterocycles. The minimum absolute atomic E-state index is 0.217. The van der Waals surface area contributed by atoms with Crippen LogP contribution in [0.2, 0.25) is 0 Å². The number of carboxylic acid groups (broad SMARTS) is 1. The Kier molecular flexibility index (Phi) is 18.5. The average molecular weight is 272 g/mol. The molecule has 0 heterocycles. The lowest BCUT2D eigenvalue weighted by molar-refractivity contribution is -0.142. The molecule has 19 heavy (non-hydrogen) atoms. The van der Waals surface area contributed by atoms with Gasteiger partial charge in [0.1, 0.15) is 0 Å². The SMILES string of the molecule is C=CC.CCCCCCCCC(CCOC)C(=O)O. The maximum absolute atomic E-state index is 10.9. The van der Waals surface area contributed by atoms with Gasteiger partial charge < -0.3 is 9.84 Å². The van der Waals surface area contributed by atoms with Crippen molar-refractivity contribution in [2.75, 3.05) is 13.7 Å². The van der Waals surface area contributed by atoms with Gasteiger partial charge in [0.2, 0.25) is 0 Å². The van der Waals surface area contributed by atoms with Gasteiger partial charge in [-0.3, -0.25) is 4.79 Å². The van der Waals surface area contributed by atoms with Crippen molar-refractivity contribution in [2.24, 2.45) is 5.92 Å². The maximum Gasteiger partial charge on any atom is 0.306 e. The lowest BCUT2D eigenvalue weighted by atomic mass is 9.97. The minimum Gasteiger partial charge on any atom is -0.481 e. The quantitative estimate of drug-likeness (QED) is 0.439. The molecule has 0 aliphatic carbocycles. The van der Waals surface area contributed by atoms with Crippen molar-refractivity contribution in [2.45, 2.75) is 65.2 Å². The highest BCUT2D eigenvalue weighted by Gasteiger charge is 2.16. The number of hydrogen-bond acceptors (Lipinski definition) is 2. The van der Waals surface area contributed by atoms with Crippen LogP contribution >= 0.6 is 0 Å². The van der Waals surface area contributed by atoms with Gasteiger partial charge in [0.25, 0.3) is 0 Å². The van der Waals surface area contributed by atoms with Crippen LogP contribution in [0.5, 0.6) is 0 Å². The molecular weight excluding hydrogens is 240 g/mol. The summed E-state index contributed by atoms with van der Waals surface area (Å²) < 4.78 is 4.92. The third kappa shape index (κ3) is 17.2. The molecule has 0 aliphatic heterocycles. The fourth-order valence-corrected chi connectivity index (χ4v) is 1.82. The van der Waals surface area contributed by atoms with E-state index >= 15 is 0 Å². The lowest BCUT2D eigenvalue weighted by Gasteiger charge is -2.11. The first-order valence-corrected chi connectivity index (χ1v) is 7.42. The predicted octanol–water partition coefficient (Wildman–Crippen LogP) is 4.67. The first kappa shape index (κ1) is 20.5. The van der Waals surface area contributed by atoms with Crippen LogP contribution < -0.4 is 0 Å². The van der Waals surface area contributed by atoms with Crippen molar-refractivity contribution in [1.82, 2.24) is 0 Å². The Hall–Kier alpha value is -0.830. The van der Waals surface area contributed by atoms with E-state index in [9.17, 15) is 4.79 Å². The monoisotopic (exact) mass is 272 g/mol. The summed E-state index contributed by atoms with van der Waals surface area (Å²) in [6.45, 7) is 8.00. The second-order valence-electron chi connectivity index (χ2n) is 4.78. The lowest BCUT2D eigenvalue weighted by Crippen LogP contribution is -2.15. The molecule has 0 fully saturated rings. The molecule has 0 saturated heterocycles. The number of ether oxygens (including phenoxy) is 1. The normalized spacial score (nSPS) is 11.3. The number of hydrogen-bond donors (Lipinski definition) is 1. The highest BCUT2D eigenvalue weighted by molar-refractivity contribution is 5.69. The highest BCUT2D eigenvalue weighted by atomic mass is 16.5. The van der Waals surface area contributed by atoms with Crippen molar-refractivity contribution in [3.8, 4) is 0 Å². The van der Waals surface area contributed by atoms with Gasteiger partial charge in [-0.05, 0) is 19.8 Å². The first-order chi connectivity index (χ1) is 9.13. The van der Waals surface area contributed by atoms with Crippen LogP contribution in [0.25, 0.3) is 0 Å². The summed E-state index contributed by atoms with van der Waals surface area (Å²) in [4.78, 5) is 10.9. The summed E-state index contributed by atoms with van der Waals surface area (Å²) in [7, 11) is 1.61. The van der Waals surface area contributed by atoms with E-state index in [1.165, 1.54) is 25.7 Å². The van der Waals surface area contributed by atoms with Crippen molar-refractivity contribution < 1.29 is 14.6 Å². The molecule has 0 aliphatic rings. The predicted molar refractivity (Wildman–Crippen MR) is 81.5 cm³/mol. The molecule has 1 N–H and O–H groups in total. The van der Waals surface area contributed by atoms with Crippen LogP contribution in [0.15, 0.2) is 12.7 Å². The van der Waals surface area contributed by atoms with Crippen LogP contribution in [0.1, 0.15) is 65.2 Å². The second kappa shape index (κ2) is 17.2. The fourth-order valence-electron chi connectivity index (χ4n) is 1.82. The maximum atomic E-state index is 10.9. The third-order valence-corrected chi connectivity index (χ3v) is 2.93. The van der Waals surface area contributed by atoms with Crippen LogP contribution in [0.4, 0.5) is 0 Å². The van der Waals surface area contributed by atoms with E-state index in [0.29, 0.717) is 13.0 Å². The van der Waals surface area contributed by atoms with E-state index in [2.05, 4.69) is 13.5 Å². The summed E-state index contributed by atoms with van der Waals surface area (Å²) in [5.74, 6) is -0.892. The Labute approximate surface area is 119 Å². The molecule has 0 aromatic rings. The number of carbonyl (C=O) groups is 1. The Bertz CT molecular complexity index is 202. The van der Waals surface area contributed by atoms with Gasteiger partial charge in [-0.2, -0.15) is 0 Å². The molecule has 0 radical (unpaired) electrons. The molecule has 1 atom stereocenters. The second-order valence-corrected chi connectivity index (χ2v) is 4.78. The van der Waals surface area contributed by atoms with Gasteiger partial charge in [-0.1, -0.05) is 51.5 Å². The van der Waals surface area contributed by atoms with Gasteiger partial charge in [0.05, 0.1) is 5.92 Å². The molecule has 0 amide bonds. The molecule has 1 unspecified atom stereocenters. The van der Waals surface area contributed by atoms with Crippen molar-refractivity contribution in [3.05, 3.63) is 12.7 Å². The Morgan fingerprint density at radius 1 is 1.21 bits per heavy atom. The van der Waals surface area contributed by atoms with Gasteiger partial charge in [-0.25, -0.2) is 0 Å². The van der Waals surface area contributed by atoms with Crippen LogP contribution in [0, 0.1) is 5.92 Å². The molecule has 0 spiro atoms. The molecule has 0 saturated carbocycles. The molecule has 114 valence electrons. The van der Waals surface area contributed by atoms with E-state index in [4.69, 9.17) is 9.84 Å². The number of unbranched alkanes of at least 4 members (excludes halogenated alkanes) is 5. The first-order valence-electron chi connectivity index (χ1n) is 7.42. The van der Waals surface area contributed by atoms with Crippen molar-refractivity contribution in [3.63, 3.8) is 0 Å². The summed E-state index contributed by atoms with van der Waals surface area (Å²) in [5, 5.41) is 8.99. The van der Waals surface area contributed by atoms with E-state index in [1.54, 1.807) is 13.2 Å². The summed E-state index contributed by atoms with van der Waals surface area (Å²) in [6, 6.07) is 0. The molecule has 3 heteroatoms. The summed E-state index contributed by atoms with van der Waals surface area (Å²) >= 11 is 0. The number of carboxylic acids is 1. The number of rotatable bonds is 11. The molecular formula is C16H32O3. The average Bonchev–Trinajstić information content (AvgIpc) is 2.37. The zero-order valence-corrected chi connectivity index (χ0v) is 13.0. The number of aliphatic carboxylic acids is 1. The van der Waals surface area contributed by atoms with Crippen molar-refractivity contribution in [1.29, 1.82) is 0 Å². The number of methoxy groups -OCH3 is 1. The molecule has 3 nitrogen and oxygen atoms in total. The van der Waals surface area contributed by atoms with Crippen molar-refractivity contribution >= 4 is 5.97 Å².